The van der Waals surface area contributed by atoms with E-state index in [0.29, 0.717) is 12.1 Å². The number of phenols is 1. The van der Waals surface area contributed by atoms with E-state index in [1.54, 1.807) is 24.3 Å². The van der Waals surface area contributed by atoms with Crippen LogP contribution in [0.5, 0.6) is 5.75 Å². The number of nitrogens with zero attached hydrogens (tertiary/aromatic N) is 2. The number of rotatable bonds is 3. The van der Waals surface area contributed by atoms with Crippen LogP contribution in [0, 0.1) is 11.3 Å². The van der Waals surface area contributed by atoms with Crippen molar-refractivity contribution in [1.29, 1.82) is 5.26 Å². The van der Waals surface area contributed by atoms with E-state index in [9.17, 15) is 0 Å². The zero-order chi connectivity index (χ0) is 12.1. The number of anilines is 1. The molecular formula is C13H11N3O. The molecule has 0 saturated heterocycles. The number of phenolic OH excluding ortho intramolecular Hbond substituents is 1. The van der Waals surface area contributed by atoms with Gasteiger partial charge in [-0.15, -0.1) is 0 Å². The molecule has 1 aromatic heterocycles. The summed E-state index contributed by atoms with van der Waals surface area (Å²) in [4.78, 5) is 4.10. The average molecular weight is 225 g/mol. The third-order valence-corrected chi connectivity index (χ3v) is 2.30. The topological polar surface area (TPSA) is 68.9 Å². The Balaban J connectivity index is 1.98. The van der Waals surface area contributed by atoms with Crippen LogP contribution in [0.3, 0.4) is 0 Å². The summed E-state index contributed by atoms with van der Waals surface area (Å²) in [6.45, 7) is 0.624. The van der Waals surface area contributed by atoms with Crippen molar-refractivity contribution in [1.82, 2.24) is 4.98 Å². The van der Waals surface area contributed by atoms with Crippen LogP contribution < -0.4 is 5.32 Å². The average Bonchev–Trinajstić information content (AvgIpc) is 2.39. The van der Waals surface area contributed by atoms with Crippen molar-refractivity contribution in [3.05, 3.63) is 53.7 Å². The zero-order valence-electron chi connectivity index (χ0n) is 9.09. The molecule has 4 heteroatoms. The molecule has 0 aliphatic heterocycles. The summed E-state index contributed by atoms with van der Waals surface area (Å²) in [5.41, 5.74) is 1.59. The number of nitrogens with one attached hydrogen (secondary N) is 1. The van der Waals surface area contributed by atoms with Gasteiger partial charge in [0.1, 0.15) is 17.6 Å². The van der Waals surface area contributed by atoms with Gasteiger partial charge < -0.3 is 10.4 Å². The van der Waals surface area contributed by atoms with Crippen molar-refractivity contribution >= 4 is 5.82 Å². The molecule has 2 rings (SSSR count). The van der Waals surface area contributed by atoms with Crippen molar-refractivity contribution in [3.8, 4) is 11.8 Å². The number of nitriles is 1. The minimum absolute atomic E-state index is 0.255. The van der Waals surface area contributed by atoms with E-state index in [2.05, 4.69) is 10.3 Å². The highest BCUT2D eigenvalue weighted by molar-refractivity contribution is 5.40. The van der Waals surface area contributed by atoms with Gasteiger partial charge >= 0.3 is 0 Å². The quantitative estimate of drug-likeness (QED) is 0.840. The van der Waals surface area contributed by atoms with E-state index >= 15 is 0 Å². The van der Waals surface area contributed by atoms with Crippen LogP contribution in [0.2, 0.25) is 0 Å². The van der Waals surface area contributed by atoms with Crippen molar-refractivity contribution in [2.24, 2.45) is 0 Å². The molecular weight excluding hydrogens is 214 g/mol. The normalized spacial score (nSPS) is 9.59. The van der Waals surface area contributed by atoms with Crippen molar-refractivity contribution in [2.75, 3.05) is 5.32 Å². The number of hydrogen-bond acceptors (Lipinski definition) is 4. The van der Waals surface area contributed by atoms with Crippen molar-refractivity contribution in [3.63, 3.8) is 0 Å². The van der Waals surface area contributed by atoms with Gasteiger partial charge in [-0.25, -0.2) is 4.98 Å². The lowest BCUT2D eigenvalue weighted by Gasteiger charge is -2.05. The van der Waals surface area contributed by atoms with Gasteiger partial charge in [-0.1, -0.05) is 12.1 Å². The Kier molecular flexibility index (Phi) is 3.22. The molecule has 0 fully saturated rings. The van der Waals surface area contributed by atoms with Gasteiger partial charge in [0.2, 0.25) is 0 Å². The Hall–Kier alpha value is -2.54. The van der Waals surface area contributed by atoms with Crippen LogP contribution in [0.4, 0.5) is 5.82 Å². The van der Waals surface area contributed by atoms with Crippen LogP contribution in [0.25, 0.3) is 0 Å². The second-order valence-corrected chi connectivity index (χ2v) is 3.56. The minimum Gasteiger partial charge on any atom is -0.508 e. The Morgan fingerprint density at radius 3 is 2.53 bits per heavy atom. The van der Waals surface area contributed by atoms with Crippen LogP contribution in [0.15, 0.2) is 42.6 Å². The highest BCUT2D eigenvalue weighted by Gasteiger charge is 1.96. The van der Waals surface area contributed by atoms with Gasteiger partial charge in [0.15, 0.2) is 0 Å². The monoisotopic (exact) mass is 225 g/mol. The maximum absolute atomic E-state index is 9.14. The summed E-state index contributed by atoms with van der Waals surface area (Å²) in [5.74, 6) is 0.974. The second kappa shape index (κ2) is 4.99. The first-order chi connectivity index (χ1) is 8.28. The van der Waals surface area contributed by atoms with Gasteiger partial charge in [0.05, 0.1) is 5.56 Å². The van der Waals surface area contributed by atoms with E-state index in [1.807, 2.05) is 18.2 Å². The number of hydrogen-bond donors (Lipinski definition) is 2. The number of aromatic hydroxyl groups is 1. The minimum atomic E-state index is 0.255. The number of benzene rings is 1. The third kappa shape index (κ3) is 2.95. The molecule has 4 nitrogen and oxygen atoms in total. The SMILES string of the molecule is N#Cc1ccc(NCc2ccc(O)cc2)nc1. The van der Waals surface area contributed by atoms with Gasteiger partial charge in [-0.05, 0) is 29.8 Å². The van der Waals surface area contributed by atoms with E-state index in [1.165, 1.54) is 6.20 Å². The zero-order valence-corrected chi connectivity index (χ0v) is 9.09. The van der Waals surface area contributed by atoms with Crippen molar-refractivity contribution < 1.29 is 5.11 Å². The fraction of sp³-hybridized carbons (Fsp3) is 0.0769. The molecule has 1 heterocycles. The Morgan fingerprint density at radius 1 is 1.18 bits per heavy atom. The predicted molar refractivity (Wildman–Crippen MR) is 64.4 cm³/mol. The lowest BCUT2D eigenvalue weighted by atomic mass is 10.2. The summed E-state index contributed by atoms with van der Waals surface area (Å²) in [7, 11) is 0. The number of pyridine rings is 1. The molecule has 1 aromatic carbocycles. The molecule has 0 saturated carbocycles. The fourth-order valence-electron chi connectivity index (χ4n) is 1.37. The summed E-state index contributed by atoms with van der Waals surface area (Å²) < 4.78 is 0. The Morgan fingerprint density at radius 2 is 1.94 bits per heavy atom. The lowest BCUT2D eigenvalue weighted by Crippen LogP contribution is -2.00. The maximum atomic E-state index is 9.14. The predicted octanol–water partition coefficient (Wildman–Crippen LogP) is 2.27. The first-order valence-electron chi connectivity index (χ1n) is 5.16. The first kappa shape index (κ1) is 11.0. The van der Waals surface area contributed by atoms with Crippen LogP contribution in [-0.2, 0) is 6.54 Å². The fourth-order valence-corrected chi connectivity index (χ4v) is 1.37. The molecule has 0 radical (unpaired) electrons. The molecule has 2 aromatic rings. The highest BCUT2D eigenvalue weighted by atomic mass is 16.3. The molecule has 0 spiro atoms. The van der Waals surface area contributed by atoms with Crippen LogP contribution in [0.1, 0.15) is 11.1 Å². The standard InChI is InChI=1S/C13H11N3O/c14-7-11-3-6-13(16-9-11)15-8-10-1-4-12(17)5-2-10/h1-6,9,17H,8H2,(H,15,16). The summed E-state index contributed by atoms with van der Waals surface area (Å²) in [6, 6.07) is 12.5. The molecule has 0 amide bonds. The Labute approximate surface area is 99.2 Å². The van der Waals surface area contributed by atoms with E-state index in [4.69, 9.17) is 10.4 Å². The molecule has 0 atom stereocenters. The van der Waals surface area contributed by atoms with Gasteiger partial charge in [0.25, 0.3) is 0 Å². The Bertz CT molecular complexity index is 526. The van der Waals surface area contributed by atoms with Gasteiger partial charge in [-0.3, -0.25) is 0 Å². The van der Waals surface area contributed by atoms with Crippen LogP contribution >= 0.6 is 0 Å². The number of aromatic nitrogens is 1. The maximum Gasteiger partial charge on any atom is 0.126 e. The molecule has 0 aliphatic rings. The highest BCUT2D eigenvalue weighted by Crippen LogP contribution is 2.11. The van der Waals surface area contributed by atoms with Crippen molar-refractivity contribution in [2.45, 2.75) is 6.54 Å². The largest absolute Gasteiger partial charge is 0.508 e. The van der Waals surface area contributed by atoms with E-state index in [-0.39, 0.29) is 5.75 Å². The van der Waals surface area contributed by atoms with E-state index < -0.39 is 0 Å². The molecule has 0 bridgehead atoms. The molecule has 0 aliphatic carbocycles. The molecule has 2 N–H and O–H groups in total. The molecule has 84 valence electrons. The summed E-state index contributed by atoms with van der Waals surface area (Å²) in [5, 5.41) is 20.9. The smallest absolute Gasteiger partial charge is 0.126 e. The second-order valence-electron chi connectivity index (χ2n) is 3.56. The molecule has 0 unspecified atom stereocenters. The summed E-state index contributed by atoms with van der Waals surface area (Å²) in [6.07, 6.45) is 1.53. The lowest BCUT2D eigenvalue weighted by molar-refractivity contribution is 0.475. The third-order valence-electron chi connectivity index (χ3n) is 2.30. The first-order valence-corrected chi connectivity index (χ1v) is 5.16. The molecule has 17 heavy (non-hydrogen) atoms. The van der Waals surface area contributed by atoms with Gasteiger partial charge in [0, 0.05) is 12.7 Å². The van der Waals surface area contributed by atoms with E-state index in [0.717, 1.165) is 11.4 Å². The summed E-state index contributed by atoms with van der Waals surface area (Å²) >= 11 is 0. The van der Waals surface area contributed by atoms with Crippen LogP contribution in [-0.4, -0.2) is 10.1 Å². The van der Waals surface area contributed by atoms with Gasteiger partial charge in [-0.2, -0.15) is 5.26 Å².